The fraction of sp³-hybridized carbons (Fsp3) is 0.417. The number of hydrogen-bond donors (Lipinski definition) is 1. The predicted molar refractivity (Wildman–Crippen MR) is 78.1 cm³/mol. The molecule has 0 radical (unpaired) electrons. The fourth-order valence-corrected chi connectivity index (χ4v) is 2.66. The summed E-state index contributed by atoms with van der Waals surface area (Å²) in [7, 11) is 0. The first-order valence-corrected chi connectivity index (χ1v) is 7.53. The number of nitrogens with zero attached hydrogens (tertiary/aromatic N) is 3. The Morgan fingerprint density at radius 2 is 2.28 bits per heavy atom. The van der Waals surface area contributed by atoms with Crippen LogP contribution >= 0.6 is 27.3 Å². The normalized spacial score (nSPS) is 12.4. The molecule has 96 valence electrons. The fourth-order valence-electron chi connectivity index (χ4n) is 1.54. The van der Waals surface area contributed by atoms with Crippen molar-refractivity contribution in [2.75, 3.05) is 11.9 Å². The van der Waals surface area contributed by atoms with Gasteiger partial charge in [0.25, 0.3) is 0 Å². The molecule has 2 aromatic heterocycles. The Morgan fingerprint density at radius 1 is 1.44 bits per heavy atom. The molecule has 0 amide bonds. The molecule has 0 bridgehead atoms. The van der Waals surface area contributed by atoms with Gasteiger partial charge in [-0.2, -0.15) is 0 Å². The van der Waals surface area contributed by atoms with Crippen LogP contribution in [0.25, 0.3) is 0 Å². The number of thiazole rings is 1. The molecular weight excluding hydrogens is 312 g/mol. The van der Waals surface area contributed by atoms with E-state index in [1.807, 2.05) is 24.6 Å². The van der Waals surface area contributed by atoms with Crippen molar-refractivity contribution in [2.24, 2.45) is 0 Å². The van der Waals surface area contributed by atoms with E-state index in [-0.39, 0.29) is 0 Å². The van der Waals surface area contributed by atoms with E-state index in [4.69, 9.17) is 0 Å². The van der Waals surface area contributed by atoms with Crippen molar-refractivity contribution in [3.05, 3.63) is 33.1 Å². The number of anilines is 1. The molecule has 2 aromatic rings. The van der Waals surface area contributed by atoms with Gasteiger partial charge in [0.2, 0.25) is 0 Å². The topological polar surface area (TPSA) is 50.7 Å². The standard InChI is InChI=1S/C12H15BrN4S/c1-3-10-16-9(13)6-11(17-10)15-7-8(2)12-14-4-5-18-12/h4-6,8H,3,7H2,1-2H3,(H,15,16,17). The lowest BCUT2D eigenvalue weighted by molar-refractivity contribution is 0.788. The molecule has 0 saturated carbocycles. The quantitative estimate of drug-likeness (QED) is 0.855. The Morgan fingerprint density at radius 3 is 2.94 bits per heavy atom. The molecule has 0 aromatic carbocycles. The lowest BCUT2D eigenvalue weighted by atomic mass is 10.2. The molecule has 4 nitrogen and oxygen atoms in total. The summed E-state index contributed by atoms with van der Waals surface area (Å²) >= 11 is 5.08. The van der Waals surface area contributed by atoms with Crippen molar-refractivity contribution < 1.29 is 0 Å². The number of rotatable bonds is 5. The first-order valence-electron chi connectivity index (χ1n) is 5.85. The highest BCUT2D eigenvalue weighted by molar-refractivity contribution is 9.10. The van der Waals surface area contributed by atoms with Crippen LogP contribution in [0.1, 0.15) is 30.6 Å². The Bertz CT molecular complexity index is 501. The van der Waals surface area contributed by atoms with Crippen molar-refractivity contribution >= 4 is 33.1 Å². The minimum atomic E-state index is 0.379. The van der Waals surface area contributed by atoms with E-state index in [2.05, 4.69) is 43.1 Å². The summed E-state index contributed by atoms with van der Waals surface area (Å²) in [5.74, 6) is 2.08. The van der Waals surface area contributed by atoms with Gasteiger partial charge in [0, 0.05) is 36.5 Å². The van der Waals surface area contributed by atoms with Crippen LogP contribution in [0.15, 0.2) is 22.2 Å². The van der Waals surface area contributed by atoms with Crippen molar-refractivity contribution in [2.45, 2.75) is 26.2 Å². The highest BCUT2D eigenvalue weighted by Crippen LogP contribution is 2.19. The lowest BCUT2D eigenvalue weighted by Crippen LogP contribution is -2.11. The third-order valence-electron chi connectivity index (χ3n) is 2.52. The second-order valence-corrected chi connectivity index (χ2v) is 5.74. The van der Waals surface area contributed by atoms with E-state index < -0.39 is 0 Å². The van der Waals surface area contributed by atoms with Crippen LogP contribution in [0.4, 0.5) is 5.82 Å². The molecule has 0 aliphatic heterocycles. The summed E-state index contributed by atoms with van der Waals surface area (Å²) in [4.78, 5) is 13.0. The first kappa shape index (κ1) is 13.4. The Labute approximate surface area is 119 Å². The maximum Gasteiger partial charge on any atom is 0.131 e. The van der Waals surface area contributed by atoms with Crippen molar-refractivity contribution in [3.63, 3.8) is 0 Å². The molecule has 2 rings (SSSR count). The zero-order valence-electron chi connectivity index (χ0n) is 10.4. The van der Waals surface area contributed by atoms with E-state index in [9.17, 15) is 0 Å². The van der Waals surface area contributed by atoms with Crippen LogP contribution in [-0.4, -0.2) is 21.5 Å². The van der Waals surface area contributed by atoms with Gasteiger partial charge in [0.05, 0.1) is 5.01 Å². The second-order valence-electron chi connectivity index (χ2n) is 4.00. The van der Waals surface area contributed by atoms with Crippen LogP contribution in [0.2, 0.25) is 0 Å². The summed E-state index contributed by atoms with van der Waals surface area (Å²) < 4.78 is 0.818. The maximum atomic E-state index is 4.44. The van der Waals surface area contributed by atoms with Gasteiger partial charge < -0.3 is 5.32 Å². The molecular formula is C12H15BrN4S. The molecule has 0 saturated heterocycles. The number of aryl methyl sites for hydroxylation is 1. The van der Waals surface area contributed by atoms with Crippen molar-refractivity contribution in [1.82, 2.24) is 15.0 Å². The van der Waals surface area contributed by atoms with E-state index in [0.717, 1.165) is 34.2 Å². The van der Waals surface area contributed by atoms with Crippen LogP contribution in [0.3, 0.4) is 0 Å². The van der Waals surface area contributed by atoms with Crippen LogP contribution in [0.5, 0.6) is 0 Å². The minimum Gasteiger partial charge on any atom is -0.369 e. The minimum absolute atomic E-state index is 0.379. The average molecular weight is 327 g/mol. The van der Waals surface area contributed by atoms with Gasteiger partial charge in [-0.3, -0.25) is 0 Å². The number of nitrogens with one attached hydrogen (secondary N) is 1. The molecule has 18 heavy (non-hydrogen) atoms. The number of aromatic nitrogens is 3. The van der Waals surface area contributed by atoms with Gasteiger partial charge in [0.1, 0.15) is 16.2 Å². The summed E-state index contributed by atoms with van der Waals surface area (Å²) in [6.07, 6.45) is 2.67. The Kier molecular flexibility index (Phi) is 4.66. The molecule has 0 aliphatic carbocycles. The lowest BCUT2D eigenvalue weighted by Gasteiger charge is -2.11. The third-order valence-corrected chi connectivity index (χ3v) is 3.93. The summed E-state index contributed by atoms with van der Waals surface area (Å²) in [5.41, 5.74) is 0. The van der Waals surface area contributed by atoms with Gasteiger partial charge in [-0.25, -0.2) is 15.0 Å². The Hall–Kier alpha value is -1.01. The monoisotopic (exact) mass is 326 g/mol. The van der Waals surface area contributed by atoms with Crippen LogP contribution in [0, 0.1) is 0 Å². The van der Waals surface area contributed by atoms with E-state index in [0.29, 0.717) is 5.92 Å². The molecule has 0 aliphatic rings. The van der Waals surface area contributed by atoms with Gasteiger partial charge in [0.15, 0.2) is 0 Å². The van der Waals surface area contributed by atoms with E-state index in [1.54, 1.807) is 11.3 Å². The largest absolute Gasteiger partial charge is 0.369 e. The highest BCUT2D eigenvalue weighted by atomic mass is 79.9. The molecule has 0 spiro atoms. The first-order chi connectivity index (χ1) is 8.69. The number of halogens is 1. The van der Waals surface area contributed by atoms with Crippen molar-refractivity contribution in [1.29, 1.82) is 0 Å². The van der Waals surface area contributed by atoms with Gasteiger partial charge >= 0.3 is 0 Å². The van der Waals surface area contributed by atoms with Crippen molar-refractivity contribution in [3.8, 4) is 0 Å². The Balaban J connectivity index is 1.99. The molecule has 0 fully saturated rings. The van der Waals surface area contributed by atoms with E-state index >= 15 is 0 Å². The zero-order valence-corrected chi connectivity index (χ0v) is 12.8. The zero-order chi connectivity index (χ0) is 13.0. The smallest absolute Gasteiger partial charge is 0.131 e. The molecule has 2 heterocycles. The molecule has 1 N–H and O–H groups in total. The van der Waals surface area contributed by atoms with Crippen LogP contribution < -0.4 is 5.32 Å². The van der Waals surface area contributed by atoms with E-state index in [1.165, 1.54) is 0 Å². The maximum absolute atomic E-state index is 4.44. The van der Waals surface area contributed by atoms with Gasteiger partial charge in [-0.05, 0) is 15.9 Å². The average Bonchev–Trinajstić information content (AvgIpc) is 2.89. The SMILES string of the molecule is CCc1nc(Br)cc(NCC(C)c2nccs2)n1. The molecule has 1 unspecified atom stereocenters. The predicted octanol–water partition coefficient (Wildman–Crippen LogP) is 3.47. The molecule has 1 atom stereocenters. The third kappa shape index (κ3) is 3.49. The summed E-state index contributed by atoms with van der Waals surface area (Å²) in [6, 6.07) is 1.90. The molecule has 6 heteroatoms. The number of hydrogen-bond acceptors (Lipinski definition) is 5. The van der Waals surface area contributed by atoms with Crippen LogP contribution in [-0.2, 0) is 6.42 Å². The second kappa shape index (κ2) is 6.24. The summed E-state index contributed by atoms with van der Waals surface area (Å²) in [5, 5.41) is 6.48. The van der Waals surface area contributed by atoms with Gasteiger partial charge in [-0.15, -0.1) is 11.3 Å². The highest BCUT2D eigenvalue weighted by Gasteiger charge is 2.09. The van der Waals surface area contributed by atoms with Gasteiger partial charge in [-0.1, -0.05) is 13.8 Å². The summed E-state index contributed by atoms with van der Waals surface area (Å²) in [6.45, 7) is 5.02.